The summed E-state index contributed by atoms with van der Waals surface area (Å²) in [5, 5.41) is 3.16. The average Bonchev–Trinajstić information content (AvgIpc) is 2.51. The Kier molecular flexibility index (Phi) is 6.17. The van der Waals surface area contributed by atoms with E-state index in [9.17, 15) is 13.2 Å². The lowest BCUT2D eigenvalue weighted by molar-refractivity contribution is 0.102. The number of anilines is 2. The third-order valence-electron chi connectivity index (χ3n) is 3.28. The van der Waals surface area contributed by atoms with Crippen molar-refractivity contribution in [2.75, 3.05) is 23.4 Å². The van der Waals surface area contributed by atoms with Gasteiger partial charge in [0.25, 0.3) is 5.91 Å². The van der Waals surface area contributed by atoms with Crippen molar-refractivity contribution in [2.45, 2.75) is 6.92 Å². The van der Waals surface area contributed by atoms with Crippen LogP contribution in [-0.2, 0) is 10.0 Å². The Morgan fingerprint density at radius 2 is 1.92 bits per heavy atom. The zero-order valence-electron chi connectivity index (χ0n) is 13.7. The fourth-order valence-corrected chi connectivity index (χ4v) is 3.30. The Hall–Kier alpha value is -1.52. The Bertz CT molecular complexity index is 932. The minimum Gasteiger partial charge on any atom is -0.496 e. The molecule has 2 aromatic rings. The highest BCUT2D eigenvalue weighted by Gasteiger charge is 2.16. The molecule has 0 aliphatic carbocycles. The molecule has 0 unspecified atom stereocenters. The summed E-state index contributed by atoms with van der Waals surface area (Å²) in [6.07, 6.45) is 1.07. The topological polar surface area (TPSA) is 84.5 Å². The summed E-state index contributed by atoms with van der Waals surface area (Å²) < 4.78 is 31.3. The van der Waals surface area contributed by atoms with Crippen molar-refractivity contribution >= 4 is 61.5 Å². The molecule has 6 nitrogen and oxygen atoms in total. The molecule has 0 aliphatic rings. The zero-order chi connectivity index (χ0) is 18.8. The van der Waals surface area contributed by atoms with Crippen molar-refractivity contribution in [3.05, 3.63) is 50.1 Å². The molecule has 0 saturated heterocycles. The van der Waals surface area contributed by atoms with Gasteiger partial charge in [0, 0.05) is 9.26 Å². The minimum atomic E-state index is -3.42. The second-order valence-corrected chi connectivity index (χ2v) is 8.64. The van der Waals surface area contributed by atoms with E-state index in [1.807, 2.05) is 22.6 Å². The largest absolute Gasteiger partial charge is 0.496 e. The van der Waals surface area contributed by atoms with Crippen LogP contribution in [0.15, 0.2) is 30.3 Å². The average molecular weight is 495 g/mol. The molecule has 9 heteroatoms. The molecule has 0 aliphatic heterocycles. The molecular weight excluding hydrogens is 479 g/mol. The molecule has 2 aromatic carbocycles. The van der Waals surface area contributed by atoms with Crippen LogP contribution in [0.5, 0.6) is 5.75 Å². The molecule has 0 radical (unpaired) electrons. The second kappa shape index (κ2) is 7.79. The zero-order valence-corrected chi connectivity index (χ0v) is 17.4. The highest BCUT2D eigenvalue weighted by atomic mass is 127. The standard InChI is InChI=1S/C16H16ClIN2O4S/c1-9-4-5-10(6-14(9)20-25(3,22)23)19-16(21)11-7-12(17)13(18)8-15(11)24-2/h4-8,20H,1-3H3,(H,19,21). The molecule has 0 bridgehead atoms. The van der Waals surface area contributed by atoms with Gasteiger partial charge in [-0.25, -0.2) is 8.42 Å². The van der Waals surface area contributed by atoms with Gasteiger partial charge in [-0.05, 0) is 59.3 Å². The van der Waals surface area contributed by atoms with Crippen molar-refractivity contribution < 1.29 is 17.9 Å². The number of carbonyl (C=O) groups excluding carboxylic acids is 1. The number of nitrogens with one attached hydrogen (secondary N) is 2. The van der Waals surface area contributed by atoms with Crippen molar-refractivity contribution in [3.8, 4) is 5.75 Å². The van der Waals surface area contributed by atoms with Gasteiger partial charge in [0.15, 0.2) is 0 Å². The van der Waals surface area contributed by atoms with Crippen LogP contribution >= 0.6 is 34.2 Å². The number of ether oxygens (including phenoxy) is 1. The number of sulfonamides is 1. The summed E-state index contributed by atoms with van der Waals surface area (Å²) in [4.78, 5) is 12.5. The van der Waals surface area contributed by atoms with E-state index < -0.39 is 15.9 Å². The van der Waals surface area contributed by atoms with Gasteiger partial charge in [0.1, 0.15) is 5.75 Å². The van der Waals surface area contributed by atoms with E-state index in [4.69, 9.17) is 16.3 Å². The molecule has 2 N–H and O–H groups in total. The van der Waals surface area contributed by atoms with Crippen LogP contribution in [0.3, 0.4) is 0 Å². The molecule has 1 amide bonds. The first-order valence-electron chi connectivity index (χ1n) is 7.03. The SMILES string of the molecule is COc1cc(I)c(Cl)cc1C(=O)Nc1ccc(C)c(NS(C)(=O)=O)c1. The fraction of sp³-hybridized carbons (Fsp3) is 0.188. The van der Waals surface area contributed by atoms with Crippen LogP contribution in [0.4, 0.5) is 11.4 Å². The molecule has 0 saturated carbocycles. The third kappa shape index (κ3) is 5.23. The summed E-state index contributed by atoms with van der Waals surface area (Å²) in [7, 11) is -1.95. The first-order valence-corrected chi connectivity index (χ1v) is 10.4. The van der Waals surface area contributed by atoms with E-state index in [2.05, 4.69) is 10.0 Å². The van der Waals surface area contributed by atoms with Crippen LogP contribution in [0, 0.1) is 10.5 Å². The van der Waals surface area contributed by atoms with Crippen LogP contribution in [0.2, 0.25) is 5.02 Å². The van der Waals surface area contributed by atoms with Crippen LogP contribution in [0.25, 0.3) is 0 Å². The summed E-state index contributed by atoms with van der Waals surface area (Å²) >= 11 is 8.14. The Labute approximate surface area is 165 Å². The molecule has 134 valence electrons. The maximum atomic E-state index is 12.5. The van der Waals surface area contributed by atoms with Gasteiger partial charge < -0.3 is 10.1 Å². The van der Waals surface area contributed by atoms with Gasteiger partial charge in [-0.3, -0.25) is 9.52 Å². The number of amides is 1. The Morgan fingerprint density at radius 3 is 2.52 bits per heavy atom. The minimum absolute atomic E-state index is 0.283. The van der Waals surface area contributed by atoms with Crippen LogP contribution < -0.4 is 14.8 Å². The number of aryl methyl sites for hydroxylation is 1. The number of hydrogen-bond donors (Lipinski definition) is 2. The summed E-state index contributed by atoms with van der Waals surface area (Å²) in [6, 6.07) is 8.14. The Morgan fingerprint density at radius 1 is 1.24 bits per heavy atom. The molecule has 0 fully saturated rings. The van der Waals surface area contributed by atoms with Gasteiger partial charge in [0.2, 0.25) is 10.0 Å². The highest BCUT2D eigenvalue weighted by Crippen LogP contribution is 2.29. The number of methoxy groups -OCH3 is 1. The van der Waals surface area contributed by atoms with E-state index in [1.54, 1.807) is 31.2 Å². The molecule has 25 heavy (non-hydrogen) atoms. The Balaban J connectivity index is 2.33. The number of rotatable bonds is 5. The van der Waals surface area contributed by atoms with Gasteiger partial charge in [-0.15, -0.1) is 0 Å². The fourth-order valence-electron chi connectivity index (χ4n) is 2.08. The molecule has 0 spiro atoms. The lowest BCUT2D eigenvalue weighted by Crippen LogP contribution is -2.15. The lowest BCUT2D eigenvalue weighted by atomic mass is 10.1. The smallest absolute Gasteiger partial charge is 0.259 e. The monoisotopic (exact) mass is 494 g/mol. The van der Waals surface area contributed by atoms with Crippen molar-refractivity contribution in [1.82, 2.24) is 0 Å². The van der Waals surface area contributed by atoms with Gasteiger partial charge in [0.05, 0.1) is 29.6 Å². The predicted octanol–water partition coefficient (Wildman–Crippen LogP) is 3.89. The molecule has 0 heterocycles. The van der Waals surface area contributed by atoms with E-state index in [1.165, 1.54) is 13.2 Å². The molecule has 0 aromatic heterocycles. The van der Waals surface area contributed by atoms with E-state index in [-0.39, 0.29) is 5.56 Å². The lowest BCUT2D eigenvalue weighted by Gasteiger charge is -2.13. The number of hydrogen-bond acceptors (Lipinski definition) is 4. The number of benzene rings is 2. The summed E-state index contributed by atoms with van der Waals surface area (Å²) in [6.45, 7) is 1.76. The molecule has 2 rings (SSSR count). The van der Waals surface area contributed by atoms with E-state index in [0.29, 0.717) is 22.1 Å². The summed E-state index contributed by atoms with van der Waals surface area (Å²) in [5.74, 6) is -0.0165. The predicted molar refractivity (Wildman–Crippen MR) is 108 cm³/mol. The van der Waals surface area contributed by atoms with Gasteiger partial charge in [-0.2, -0.15) is 0 Å². The molecular formula is C16H16ClIN2O4S. The first-order chi connectivity index (χ1) is 11.6. The van der Waals surface area contributed by atoms with E-state index in [0.717, 1.165) is 15.4 Å². The van der Waals surface area contributed by atoms with Crippen LogP contribution in [0.1, 0.15) is 15.9 Å². The quantitative estimate of drug-likeness (QED) is 0.618. The van der Waals surface area contributed by atoms with Crippen molar-refractivity contribution in [1.29, 1.82) is 0 Å². The van der Waals surface area contributed by atoms with Gasteiger partial charge >= 0.3 is 0 Å². The maximum Gasteiger partial charge on any atom is 0.259 e. The third-order valence-corrected chi connectivity index (χ3v) is 5.39. The van der Waals surface area contributed by atoms with Crippen molar-refractivity contribution in [2.24, 2.45) is 0 Å². The number of halogens is 2. The van der Waals surface area contributed by atoms with E-state index >= 15 is 0 Å². The second-order valence-electron chi connectivity index (χ2n) is 5.32. The molecule has 0 atom stereocenters. The first kappa shape index (κ1) is 19.8. The van der Waals surface area contributed by atoms with Gasteiger partial charge in [-0.1, -0.05) is 17.7 Å². The van der Waals surface area contributed by atoms with Crippen molar-refractivity contribution in [3.63, 3.8) is 0 Å². The number of carbonyl (C=O) groups is 1. The summed E-state index contributed by atoms with van der Waals surface area (Å²) in [5.41, 5.74) is 1.86. The normalized spacial score (nSPS) is 11.1. The highest BCUT2D eigenvalue weighted by molar-refractivity contribution is 14.1. The van der Waals surface area contributed by atoms with Crippen LogP contribution in [-0.4, -0.2) is 27.7 Å². The maximum absolute atomic E-state index is 12.5.